The average Bonchev–Trinajstić information content (AvgIpc) is 2.78. The van der Waals surface area contributed by atoms with Gasteiger partial charge < -0.3 is 0 Å². The maximum absolute atomic E-state index is 13.7. The van der Waals surface area contributed by atoms with Gasteiger partial charge >= 0.3 is 0 Å². The summed E-state index contributed by atoms with van der Waals surface area (Å²) in [7, 11) is 0. The van der Waals surface area contributed by atoms with Crippen LogP contribution in [0.15, 0.2) is 29.2 Å². The Hall–Kier alpha value is -1.24. The maximum Gasteiger partial charge on any atom is 0.267 e. The highest BCUT2D eigenvalue weighted by molar-refractivity contribution is 8.26. The Morgan fingerprint density at radius 3 is 2.68 bits per heavy atom. The lowest BCUT2D eigenvalue weighted by molar-refractivity contribution is -0.123. The first-order valence-corrected chi connectivity index (χ1v) is 8.60. The van der Waals surface area contributed by atoms with Gasteiger partial charge in [0.05, 0.1) is 11.6 Å². The predicted octanol–water partition coefficient (Wildman–Crippen LogP) is 3.47. The molecule has 0 unspecified atom stereocenters. The smallest absolute Gasteiger partial charge is 0.267 e. The van der Waals surface area contributed by atoms with Crippen LogP contribution in [0.5, 0.6) is 0 Å². The number of benzene rings is 1. The Morgan fingerprint density at radius 1 is 1.23 bits per heavy atom. The summed E-state index contributed by atoms with van der Waals surface area (Å²) in [5.74, 6) is -0.451. The summed E-state index contributed by atoms with van der Waals surface area (Å²) in [6, 6.07) is 6.43. The van der Waals surface area contributed by atoms with Gasteiger partial charge in [-0.2, -0.15) is 0 Å². The Kier molecular flexibility index (Phi) is 4.90. The van der Waals surface area contributed by atoms with Gasteiger partial charge in [-0.05, 0) is 38.1 Å². The molecule has 1 amide bonds. The number of likely N-dealkylation sites (tertiary alicyclic amines) is 1. The minimum Gasteiger partial charge on any atom is -0.286 e. The van der Waals surface area contributed by atoms with Crippen LogP contribution < -0.4 is 0 Å². The van der Waals surface area contributed by atoms with Crippen molar-refractivity contribution in [2.75, 3.05) is 19.8 Å². The second-order valence-corrected chi connectivity index (χ2v) is 7.13. The second-order valence-electron chi connectivity index (χ2n) is 5.45. The third-order valence-electron chi connectivity index (χ3n) is 3.86. The van der Waals surface area contributed by atoms with Crippen LogP contribution in [0.4, 0.5) is 4.39 Å². The number of hydrogen-bond acceptors (Lipinski definition) is 4. The van der Waals surface area contributed by atoms with Gasteiger partial charge in [0, 0.05) is 5.56 Å². The molecule has 0 N–H and O–H groups in total. The molecule has 22 heavy (non-hydrogen) atoms. The van der Waals surface area contributed by atoms with Crippen molar-refractivity contribution in [3.05, 3.63) is 40.6 Å². The van der Waals surface area contributed by atoms with Crippen molar-refractivity contribution in [2.24, 2.45) is 0 Å². The number of amides is 1. The summed E-state index contributed by atoms with van der Waals surface area (Å²) >= 11 is 6.57. The predicted molar refractivity (Wildman–Crippen MR) is 91.7 cm³/mol. The van der Waals surface area contributed by atoms with Gasteiger partial charge in [0.15, 0.2) is 0 Å². The van der Waals surface area contributed by atoms with Crippen molar-refractivity contribution < 1.29 is 9.18 Å². The molecule has 1 aromatic rings. The summed E-state index contributed by atoms with van der Waals surface area (Å²) in [5, 5.41) is 0. The summed E-state index contributed by atoms with van der Waals surface area (Å²) in [6.07, 6.45) is 5.17. The Balaban J connectivity index is 1.75. The molecule has 2 heterocycles. The normalized spacial score (nSPS) is 21.9. The quantitative estimate of drug-likeness (QED) is 0.623. The highest BCUT2D eigenvalue weighted by atomic mass is 32.2. The SMILES string of the molecule is O=C1/C(=C/c2ccccc2F)SC(=S)N1CN1CCCCC1. The van der Waals surface area contributed by atoms with Gasteiger partial charge in [0.25, 0.3) is 5.91 Å². The molecule has 2 aliphatic rings. The largest absolute Gasteiger partial charge is 0.286 e. The lowest BCUT2D eigenvalue weighted by Gasteiger charge is -2.29. The third-order valence-corrected chi connectivity index (χ3v) is 5.23. The van der Waals surface area contributed by atoms with Crippen LogP contribution in [0.25, 0.3) is 6.08 Å². The summed E-state index contributed by atoms with van der Waals surface area (Å²) in [5.41, 5.74) is 0.418. The van der Waals surface area contributed by atoms with Gasteiger partial charge in [0.2, 0.25) is 0 Å². The van der Waals surface area contributed by atoms with E-state index >= 15 is 0 Å². The van der Waals surface area contributed by atoms with Crippen LogP contribution in [0, 0.1) is 5.82 Å². The Labute approximate surface area is 139 Å². The average molecular weight is 336 g/mol. The van der Waals surface area contributed by atoms with Crippen LogP contribution in [0.2, 0.25) is 0 Å². The third kappa shape index (κ3) is 3.39. The summed E-state index contributed by atoms with van der Waals surface area (Å²) in [6.45, 7) is 2.55. The van der Waals surface area contributed by atoms with E-state index in [1.807, 2.05) is 0 Å². The van der Waals surface area contributed by atoms with Gasteiger partial charge in [-0.15, -0.1) is 0 Å². The summed E-state index contributed by atoms with van der Waals surface area (Å²) < 4.78 is 14.3. The molecule has 0 aliphatic carbocycles. The van der Waals surface area contributed by atoms with E-state index in [4.69, 9.17) is 12.2 Å². The molecule has 2 fully saturated rings. The first kappa shape index (κ1) is 15.6. The maximum atomic E-state index is 13.7. The van der Waals surface area contributed by atoms with Crippen molar-refractivity contribution in [3.63, 3.8) is 0 Å². The fourth-order valence-corrected chi connectivity index (χ4v) is 3.89. The molecule has 0 atom stereocenters. The van der Waals surface area contributed by atoms with E-state index in [1.165, 1.54) is 37.1 Å². The fraction of sp³-hybridized carbons (Fsp3) is 0.375. The first-order chi connectivity index (χ1) is 10.6. The standard InChI is InChI=1S/C16H17FN2OS2/c17-13-7-3-2-6-12(13)10-14-15(20)19(16(21)22-14)11-18-8-4-1-5-9-18/h2-3,6-7,10H,1,4-5,8-9,11H2/b14-10-. The van der Waals surface area contributed by atoms with Crippen molar-refractivity contribution >= 4 is 40.3 Å². The summed E-state index contributed by atoms with van der Waals surface area (Å²) in [4.78, 5) is 16.9. The number of halogens is 1. The molecule has 2 aliphatic heterocycles. The molecular formula is C16H17FN2OS2. The molecule has 0 radical (unpaired) electrons. The van der Waals surface area contributed by atoms with Gasteiger partial charge in [-0.25, -0.2) is 4.39 Å². The van der Waals surface area contributed by atoms with E-state index in [-0.39, 0.29) is 11.7 Å². The van der Waals surface area contributed by atoms with Gasteiger partial charge in [0.1, 0.15) is 10.1 Å². The zero-order chi connectivity index (χ0) is 15.5. The molecule has 3 nitrogen and oxygen atoms in total. The van der Waals surface area contributed by atoms with E-state index in [1.54, 1.807) is 29.2 Å². The lowest BCUT2D eigenvalue weighted by Crippen LogP contribution is -2.42. The number of carbonyl (C=O) groups is 1. The van der Waals surface area contributed by atoms with Crippen LogP contribution >= 0.6 is 24.0 Å². The van der Waals surface area contributed by atoms with Gasteiger partial charge in [-0.1, -0.05) is 48.6 Å². The highest BCUT2D eigenvalue weighted by Gasteiger charge is 2.33. The molecule has 0 spiro atoms. The van der Waals surface area contributed by atoms with Crippen LogP contribution in [-0.4, -0.2) is 39.8 Å². The van der Waals surface area contributed by atoms with E-state index < -0.39 is 0 Å². The molecule has 1 aromatic carbocycles. The Bertz CT molecular complexity index is 626. The molecule has 0 saturated carbocycles. The number of thiocarbonyl (C=S) groups is 1. The monoisotopic (exact) mass is 336 g/mol. The number of rotatable bonds is 3. The van der Waals surface area contributed by atoms with Crippen molar-refractivity contribution in [3.8, 4) is 0 Å². The minimum absolute atomic E-state index is 0.121. The number of carbonyl (C=O) groups excluding carboxylic acids is 1. The molecular weight excluding hydrogens is 319 g/mol. The lowest BCUT2D eigenvalue weighted by atomic mass is 10.1. The first-order valence-electron chi connectivity index (χ1n) is 7.37. The second kappa shape index (κ2) is 6.89. The van der Waals surface area contributed by atoms with Gasteiger partial charge in [-0.3, -0.25) is 14.6 Å². The number of thioether (sulfide) groups is 1. The fourth-order valence-electron chi connectivity index (χ4n) is 2.66. The highest BCUT2D eigenvalue weighted by Crippen LogP contribution is 2.33. The number of nitrogens with zero attached hydrogens (tertiary/aromatic N) is 2. The molecule has 6 heteroatoms. The van der Waals surface area contributed by atoms with E-state index in [0.29, 0.717) is 21.5 Å². The van der Waals surface area contributed by atoms with Crippen LogP contribution in [-0.2, 0) is 4.79 Å². The topological polar surface area (TPSA) is 23.6 Å². The van der Waals surface area contributed by atoms with Crippen LogP contribution in [0.1, 0.15) is 24.8 Å². The molecule has 0 aromatic heterocycles. The van der Waals surface area contributed by atoms with Crippen molar-refractivity contribution in [1.82, 2.24) is 9.80 Å². The zero-order valence-electron chi connectivity index (χ0n) is 12.1. The van der Waals surface area contributed by atoms with Crippen molar-refractivity contribution in [1.29, 1.82) is 0 Å². The molecule has 3 rings (SSSR count). The van der Waals surface area contributed by atoms with Crippen LogP contribution in [0.3, 0.4) is 0 Å². The molecule has 0 bridgehead atoms. The van der Waals surface area contributed by atoms with E-state index in [2.05, 4.69) is 4.90 Å². The minimum atomic E-state index is -0.330. The molecule has 2 saturated heterocycles. The van der Waals surface area contributed by atoms with E-state index in [0.717, 1.165) is 13.1 Å². The van der Waals surface area contributed by atoms with E-state index in [9.17, 15) is 9.18 Å². The Morgan fingerprint density at radius 2 is 1.95 bits per heavy atom. The zero-order valence-corrected chi connectivity index (χ0v) is 13.8. The van der Waals surface area contributed by atoms with Crippen molar-refractivity contribution in [2.45, 2.75) is 19.3 Å². The number of piperidine rings is 1. The number of hydrogen-bond donors (Lipinski definition) is 0. The molecule has 116 valence electrons.